The summed E-state index contributed by atoms with van der Waals surface area (Å²) in [5, 5.41) is 0. The Morgan fingerprint density at radius 3 is 2.27 bits per heavy atom. The Kier molecular flexibility index (Phi) is 2.12. The highest BCUT2D eigenvalue weighted by molar-refractivity contribution is 7.93. The van der Waals surface area contributed by atoms with Crippen LogP contribution in [0.15, 0.2) is 28.0 Å². The molecule has 1 heterocycles. The van der Waals surface area contributed by atoms with Gasteiger partial charge < -0.3 is 0 Å². The van der Waals surface area contributed by atoms with Crippen LogP contribution in [0.4, 0.5) is 0 Å². The van der Waals surface area contributed by atoms with Crippen LogP contribution in [-0.4, -0.2) is 16.8 Å². The molecule has 0 spiro atoms. The van der Waals surface area contributed by atoms with Gasteiger partial charge in [-0.05, 0) is 24.6 Å². The quantitative estimate of drug-likeness (QED) is 0.646. The Balaban J connectivity index is 2.86. The Morgan fingerprint density at radius 1 is 1.00 bits per heavy atom. The van der Waals surface area contributed by atoms with Crippen LogP contribution in [0.5, 0.6) is 0 Å². The molecule has 0 amide bonds. The summed E-state index contributed by atoms with van der Waals surface area (Å²) in [6.07, 6.45) is 0. The summed E-state index contributed by atoms with van der Waals surface area (Å²) in [6, 6.07) is 3.94. The lowest BCUT2D eigenvalue weighted by atomic mass is 10.2. The lowest BCUT2D eigenvalue weighted by Gasteiger charge is -2.03. The largest absolute Gasteiger partial charge is 0.254 e. The van der Waals surface area contributed by atoms with Crippen molar-refractivity contribution in [1.29, 1.82) is 0 Å². The van der Waals surface area contributed by atoms with Crippen molar-refractivity contribution in [3.8, 4) is 0 Å². The van der Waals surface area contributed by atoms with Gasteiger partial charge in [0.05, 0.1) is 9.79 Å². The van der Waals surface area contributed by atoms with Gasteiger partial charge in [0.15, 0.2) is 0 Å². The second-order valence-electron chi connectivity index (χ2n) is 3.14. The molecule has 8 heteroatoms. The number of aryl methyl sites for hydroxylation is 1. The lowest BCUT2D eigenvalue weighted by molar-refractivity contribution is 0.561. The third-order valence-electron chi connectivity index (χ3n) is 2.07. The van der Waals surface area contributed by atoms with Gasteiger partial charge in [0, 0.05) is 0 Å². The number of benzene rings is 1. The van der Waals surface area contributed by atoms with Crippen LogP contribution < -0.4 is 9.66 Å². The molecule has 0 fully saturated rings. The number of hydrogen-bond donors (Lipinski definition) is 2. The van der Waals surface area contributed by atoms with Gasteiger partial charge in [-0.2, -0.15) is 0 Å². The van der Waals surface area contributed by atoms with Crippen molar-refractivity contribution in [1.82, 2.24) is 9.66 Å². The molecule has 1 aromatic carbocycles. The van der Waals surface area contributed by atoms with E-state index in [1.165, 1.54) is 12.1 Å². The van der Waals surface area contributed by atoms with Gasteiger partial charge in [0.1, 0.15) is 0 Å². The third-order valence-corrected chi connectivity index (χ3v) is 4.83. The van der Waals surface area contributed by atoms with Crippen LogP contribution in [-0.2, 0) is 20.0 Å². The molecule has 1 aliphatic rings. The highest BCUT2D eigenvalue weighted by atomic mass is 32.2. The predicted molar refractivity (Wildman–Crippen MR) is 51.8 cm³/mol. The zero-order valence-corrected chi connectivity index (χ0v) is 9.31. The summed E-state index contributed by atoms with van der Waals surface area (Å²) in [5.74, 6) is 0. The minimum absolute atomic E-state index is 0.0337. The van der Waals surface area contributed by atoms with Gasteiger partial charge in [0.25, 0.3) is 20.0 Å². The molecule has 1 aliphatic heterocycles. The summed E-state index contributed by atoms with van der Waals surface area (Å²) in [6.45, 7) is 1.59. The topological polar surface area (TPSA) is 92.3 Å². The fourth-order valence-corrected chi connectivity index (χ4v) is 3.74. The molecule has 15 heavy (non-hydrogen) atoms. The van der Waals surface area contributed by atoms with E-state index < -0.39 is 20.0 Å². The van der Waals surface area contributed by atoms with E-state index in [0.29, 0.717) is 5.56 Å². The van der Waals surface area contributed by atoms with Gasteiger partial charge >= 0.3 is 0 Å². The molecule has 2 rings (SSSR count). The number of sulfonamides is 2. The number of rotatable bonds is 0. The number of hydrogen-bond acceptors (Lipinski definition) is 4. The van der Waals surface area contributed by atoms with Crippen molar-refractivity contribution >= 4 is 20.0 Å². The van der Waals surface area contributed by atoms with Crippen molar-refractivity contribution in [2.45, 2.75) is 16.7 Å². The Morgan fingerprint density at radius 2 is 1.60 bits per heavy atom. The monoisotopic (exact) mass is 248 g/mol. The standard InChI is InChI=1S/C7H8N2O4S2/c1-5-2-3-6-4-7(5)15(12,13)9-8-14(6,10)11/h2-4,8-9H,1H3. The van der Waals surface area contributed by atoms with Crippen molar-refractivity contribution in [3.05, 3.63) is 23.8 Å². The van der Waals surface area contributed by atoms with E-state index in [1.807, 2.05) is 0 Å². The highest BCUT2D eigenvalue weighted by Crippen LogP contribution is 2.21. The molecule has 0 saturated heterocycles. The average Bonchev–Trinajstić information content (AvgIpc) is 2.21. The van der Waals surface area contributed by atoms with Crippen LogP contribution in [0.1, 0.15) is 5.56 Å². The van der Waals surface area contributed by atoms with Crippen LogP contribution in [0.3, 0.4) is 0 Å². The first-order valence-electron chi connectivity index (χ1n) is 3.97. The van der Waals surface area contributed by atoms with Crippen molar-refractivity contribution < 1.29 is 16.8 Å². The molecule has 2 bridgehead atoms. The minimum atomic E-state index is -3.80. The summed E-state index contributed by atoms with van der Waals surface area (Å²) in [7, 11) is -7.59. The first-order chi connectivity index (χ1) is 6.83. The van der Waals surface area contributed by atoms with E-state index in [2.05, 4.69) is 0 Å². The summed E-state index contributed by atoms with van der Waals surface area (Å²) in [4.78, 5) is 3.47. The smallest absolute Gasteiger partial charge is 0.206 e. The van der Waals surface area contributed by atoms with Gasteiger partial charge in [-0.25, -0.2) is 16.8 Å². The molecule has 1 aromatic rings. The Bertz CT molecular complexity index is 618. The Hall–Kier alpha value is -0.960. The van der Waals surface area contributed by atoms with E-state index in [-0.39, 0.29) is 9.79 Å². The van der Waals surface area contributed by atoms with Gasteiger partial charge in [-0.15, -0.1) is 9.66 Å². The van der Waals surface area contributed by atoms with Crippen LogP contribution >= 0.6 is 0 Å². The Labute approximate surface area is 87.4 Å². The van der Waals surface area contributed by atoms with Crippen LogP contribution in [0, 0.1) is 6.92 Å². The van der Waals surface area contributed by atoms with E-state index in [0.717, 1.165) is 6.07 Å². The fraction of sp³-hybridized carbons (Fsp3) is 0.143. The molecule has 0 atom stereocenters. The maximum atomic E-state index is 11.5. The molecular formula is C7H8N2O4S2. The van der Waals surface area contributed by atoms with Crippen molar-refractivity contribution in [2.24, 2.45) is 0 Å². The molecule has 0 aliphatic carbocycles. The number of fused-ring (bicyclic) bond motifs is 2. The van der Waals surface area contributed by atoms with Gasteiger partial charge in [0.2, 0.25) is 0 Å². The molecular weight excluding hydrogens is 240 g/mol. The van der Waals surface area contributed by atoms with E-state index in [9.17, 15) is 16.8 Å². The maximum absolute atomic E-state index is 11.5. The van der Waals surface area contributed by atoms with Crippen LogP contribution in [0.2, 0.25) is 0 Å². The first-order valence-corrected chi connectivity index (χ1v) is 6.94. The molecule has 82 valence electrons. The molecule has 0 saturated carbocycles. The summed E-state index contributed by atoms with van der Waals surface area (Å²) in [5.41, 5.74) is 0.491. The fourth-order valence-electron chi connectivity index (χ4n) is 1.26. The zero-order chi connectivity index (χ0) is 11.3. The van der Waals surface area contributed by atoms with E-state index in [1.54, 1.807) is 16.6 Å². The van der Waals surface area contributed by atoms with E-state index >= 15 is 0 Å². The van der Waals surface area contributed by atoms with Crippen molar-refractivity contribution in [3.63, 3.8) is 0 Å². The second kappa shape index (κ2) is 3.01. The minimum Gasteiger partial charge on any atom is -0.206 e. The number of nitrogens with one attached hydrogen (secondary N) is 2. The summed E-state index contributed by atoms with van der Waals surface area (Å²) >= 11 is 0. The second-order valence-corrected chi connectivity index (χ2v) is 6.47. The van der Waals surface area contributed by atoms with E-state index in [4.69, 9.17) is 0 Å². The SMILES string of the molecule is Cc1ccc2cc1S(=O)(=O)NNS2(=O)=O. The maximum Gasteiger partial charge on any atom is 0.254 e. The lowest BCUT2D eigenvalue weighted by Crippen LogP contribution is -2.39. The molecule has 2 N–H and O–H groups in total. The van der Waals surface area contributed by atoms with Gasteiger partial charge in [-0.3, -0.25) is 0 Å². The zero-order valence-electron chi connectivity index (χ0n) is 7.68. The molecule has 6 nitrogen and oxygen atoms in total. The predicted octanol–water partition coefficient (Wildman–Crippen LogP) is -0.520. The summed E-state index contributed by atoms with van der Waals surface area (Å²) < 4.78 is 45.9. The normalized spacial score (nSPS) is 21.9. The van der Waals surface area contributed by atoms with Gasteiger partial charge in [-0.1, -0.05) is 6.07 Å². The van der Waals surface area contributed by atoms with Crippen LogP contribution in [0.25, 0.3) is 0 Å². The molecule has 0 aromatic heterocycles. The average molecular weight is 248 g/mol. The molecule has 0 radical (unpaired) electrons. The van der Waals surface area contributed by atoms with Crippen molar-refractivity contribution in [2.75, 3.05) is 0 Å². The number of hydrazine groups is 1. The highest BCUT2D eigenvalue weighted by Gasteiger charge is 2.27. The first kappa shape index (κ1) is 10.6. The third kappa shape index (κ3) is 1.65. The molecule has 0 unspecified atom stereocenters.